The van der Waals surface area contributed by atoms with Gasteiger partial charge in [-0.15, -0.1) is 0 Å². The number of benzene rings is 1. The maximum Gasteiger partial charge on any atom is 0.410 e. The van der Waals surface area contributed by atoms with Crippen molar-refractivity contribution in [2.45, 2.75) is 51.3 Å². The van der Waals surface area contributed by atoms with E-state index < -0.39 is 0 Å². The summed E-state index contributed by atoms with van der Waals surface area (Å²) in [5, 5.41) is 0. The Balaban J connectivity index is 1.32. The van der Waals surface area contributed by atoms with Gasteiger partial charge in [-0.1, -0.05) is 30.3 Å². The van der Waals surface area contributed by atoms with Crippen molar-refractivity contribution in [2.75, 3.05) is 26.3 Å². The van der Waals surface area contributed by atoms with E-state index in [0.717, 1.165) is 24.8 Å². The lowest BCUT2D eigenvalue weighted by molar-refractivity contribution is -0.133. The Morgan fingerprint density at radius 2 is 1.96 bits per heavy atom. The molecule has 2 saturated heterocycles. The number of hydrogen-bond acceptors (Lipinski definition) is 4. The second-order valence-electron chi connectivity index (χ2n) is 7.09. The summed E-state index contributed by atoms with van der Waals surface area (Å²) in [5.74, 6) is 0.184. The van der Waals surface area contributed by atoms with Crippen LogP contribution in [0.15, 0.2) is 30.3 Å². The number of hydrogen-bond donors (Lipinski definition) is 0. The minimum absolute atomic E-state index is 0.136. The fourth-order valence-electron chi connectivity index (χ4n) is 3.68. The van der Waals surface area contributed by atoms with Crippen molar-refractivity contribution in [3.63, 3.8) is 0 Å². The summed E-state index contributed by atoms with van der Waals surface area (Å²) in [7, 11) is 0. The Morgan fingerprint density at radius 3 is 2.62 bits per heavy atom. The summed E-state index contributed by atoms with van der Waals surface area (Å²) in [4.78, 5) is 27.9. The lowest BCUT2D eigenvalue weighted by Gasteiger charge is -2.37. The monoisotopic (exact) mass is 360 g/mol. The Hall–Kier alpha value is -2.08. The van der Waals surface area contributed by atoms with E-state index in [1.165, 1.54) is 0 Å². The third-order valence-electron chi connectivity index (χ3n) is 5.14. The standard InChI is InChI=1S/C20H28N2O4/c1-16-14-26-20(24)22(16)18-9-11-21(12-10-18)19(23)8-5-13-25-15-17-6-3-2-4-7-17/h2-4,6-7,16,18H,5,8-15H2,1H3. The Kier molecular flexibility index (Phi) is 6.50. The van der Waals surface area contributed by atoms with Gasteiger partial charge in [0.05, 0.1) is 12.6 Å². The van der Waals surface area contributed by atoms with Crippen molar-refractivity contribution in [2.24, 2.45) is 0 Å². The van der Waals surface area contributed by atoms with E-state index in [1.54, 1.807) is 0 Å². The normalized spacial score (nSPS) is 21.1. The molecule has 142 valence electrons. The molecule has 1 unspecified atom stereocenters. The van der Waals surface area contributed by atoms with E-state index in [4.69, 9.17) is 9.47 Å². The number of carbonyl (C=O) groups excluding carboxylic acids is 2. The third-order valence-corrected chi connectivity index (χ3v) is 5.14. The van der Waals surface area contributed by atoms with Crippen molar-refractivity contribution in [3.8, 4) is 0 Å². The molecule has 1 aromatic carbocycles. The van der Waals surface area contributed by atoms with E-state index in [1.807, 2.05) is 47.1 Å². The molecule has 0 aliphatic carbocycles. The van der Waals surface area contributed by atoms with E-state index >= 15 is 0 Å². The highest BCUT2D eigenvalue weighted by molar-refractivity contribution is 5.76. The molecule has 0 radical (unpaired) electrons. The van der Waals surface area contributed by atoms with Gasteiger partial charge in [-0.2, -0.15) is 0 Å². The molecule has 0 N–H and O–H groups in total. The molecule has 2 aliphatic rings. The summed E-state index contributed by atoms with van der Waals surface area (Å²) in [6.45, 7) is 5.09. The number of rotatable bonds is 7. The summed E-state index contributed by atoms with van der Waals surface area (Å²) in [6, 6.07) is 10.4. The van der Waals surface area contributed by atoms with Crippen molar-refractivity contribution in [1.29, 1.82) is 0 Å². The Bertz CT molecular complexity index is 599. The molecular formula is C20H28N2O4. The predicted molar refractivity (Wildman–Crippen MR) is 97.6 cm³/mol. The van der Waals surface area contributed by atoms with Crippen molar-refractivity contribution >= 4 is 12.0 Å². The molecule has 0 saturated carbocycles. The first kappa shape index (κ1) is 18.7. The lowest BCUT2D eigenvalue weighted by atomic mass is 10.0. The van der Waals surface area contributed by atoms with Crippen LogP contribution in [-0.2, 0) is 20.9 Å². The van der Waals surface area contributed by atoms with Crippen LogP contribution < -0.4 is 0 Å². The van der Waals surface area contributed by atoms with Crippen molar-refractivity contribution < 1.29 is 19.1 Å². The number of ether oxygens (including phenoxy) is 2. The fraction of sp³-hybridized carbons (Fsp3) is 0.600. The summed E-state index contributed by atoms with van der Waals surface area (Å²) < 4.78 is 10.7. The highest BCUT2D eigenvalue weighted by Gasteiger charge is 2.37. The van der Waals surface area contributed by atoms with E-state index in [9.17, 15) is 9.59 Å². The van der Waals surface area contributed by atoms with Crippen LogP contribution in [0.2, 0.25) is 0 Å². The van der Waals surface area contributed by atoms with Gasteiger partial charge >= 0.3 is 6.09 Å². The Labute approximate surface area is 155 Å². The minimum atomic E-state index is -0.210. The first-order valence-corrected chi connectivity index (χ1v) is 9.49. The van der Waals surface area contributed by atoms with E-state index in [-0.39, 0.29) is 24.1 Å². The van der Waals surface area contributed by atoms with Crippen LogP contribution in [0.1, 0.15) is 38.2 Å². The maximum atomic E-state index is 12.4. The first-order valence-electron chi connectivity index (χ1n) is 9.49. The molecule has 2 aliphatic heterocycles. The molecule has 2 amide bonds. The van der Waals surface area contributed by atoms with Gasteiger partial charge in [0.2, 0.25) is 5.91 Å². The van der Waals surface area contributed by atoms with Gasteiger partial charge in [-0.05, 0) is 31.7 Å². The van der Waals surface area contributed by atoms with E-state index in [0.29, 0.717) is 39.3 Å². The molecule has 2 heterocycles. The van der Waals surface area contributed by atoms with Crippen LogP contribution >= 0.6 is 0 Å². The topological polar surface area (TPSA) is 59.1 Å². The maximum absolute atomic E-state index is 12.4. The van der Waals surface area contributed by atoms with Crippen LogP contribution in [0.5, 0.6) is 0 Å². The van der Waals surface area contributed by atoms with Crippen LogP contribution in [0, 0.1) is 0 Å². The van der Waals surface area contributed by atoms with Gasteiger partial charge in [0.1, 0.15) is 6.61 Å². The number of carbonyl (C=O) groups is 2. The van der Waals surface area contributed by atoms with Gasteiger partial charge in [0, 0.05) is 32.2 Å². The SMILES string of the molecule is CC1COC(=O)N1C1CCN(C(=O)CCCOCc2ccccc2)CC1. The number of amides is 2. The second-order valence-corrected chi connectivity index (χ2v) is 7.09. The summed E-state index contributed by atoms with van der Waals surface area (Å²) in [6.07, 6.45) is 2.70. The zero-order valence-electron chi connectivity index (χ0n) is 15.4. The van der Waals surface area contributed by atoms with Gasteiger partial charge in [-0.3, -0.25) is 9.69 Å². The average Bonchev–Trinajstić information content (AvgIpc) is 3.00. The van der Waals surface area contributed by atoms with Crippen molar-refractivity contribution in [1.82, 2.24) is 9.80 Å². The number of likely N-dealkylation sites (tertiary alicyclic amines) is 1. The summed E-state index contributed by atoms with van der Waals surface area (Å²) >= 11 is 0. The zero-order valence-corrected chi connectivity index (χ0v) is 15.4. The molecule has 0 aromatic heterocycles. The lowest BCUT2D eigenvalue weighted by Crippen LogP contribution is -2.49. The zero-order chi connectivity index (χ0) is 18.4. The third kappa shape index (κ3) is 4.75. The number of piperidine rings is 1. The highest BCUT2D eigenvalue weighted by atomic mass is 16.6. The van der Waals surface area contributed by atoms with Gasteiger partial charge in [0.25, 0.3) is 0 Å². The molecule has 1 atom stereocenters. The molecule has 26 heavy (non-hydrogen) atoms. The largest absolute Gasteiger partial charge is 0.447 e. The van der Waals surface area contributed by atoms with Crippen LogP contribution in [0.25, 0.3) is 0 Å². The van der Waals surface area contributed by atoms with Gasteiger partial charge in [0.15, 0.2) is 0 Å². The quantitative estimate of drug-likeness (QED) is 0.702. The highest BCUT2D eigenvalue weighted by Crippen LogP contribution is 2.24. The molecule has 1 aromatic rings. The molecule has 6 heteroatoms. The van der Waals surface area contributed by atoms with Crippen molar-refractivity contribution in [3.05, 3.63) is 35.9 Å². The van der Waals surface area contributed by atoms with Gasteiger partial charge < -0.3 is 14.4 Å². The number of cyclic esters (lactones) is 1. The number of nitrogens with zero attached hydrogens (tertiary/aromatic N) is 2. The fourth-order valence-corrected chi connectivity index (χ4v) is 3.68. The molecular weight excluding hydrogens is 332 g/mol. The average molecular weight is 360 g/mol. The molecule has 3 rings (SSSR count). The van der Waals surface area contributed by atoms with Crippen LogP contribution in [0.3, 0.4) is 0 Å². The van der Waals surface area contributed by atoms with Gasteiger partial charge in [-0.25, -0.2) is 4.79 Å². The molecule has 0 bridgehead atoms. The second kappa shape index (κ2) is 9.03. The summed E-state index contributed by atoms with van der Waals surface area (Å²) in [5.41, 5.74) is 1.15. The van der Waals surface area contributed by atoms with Crippen LogP contribution in [-0.4, -0.2) is 60.2 Å². The molecule has 0 spiro atoms. The van der Waals surface area contributed by atoms with E-state index in [2.05, 4.69) is 0 Å². The predicted octanol–water partition coefficient (Wildman–Crippen LogP) is 2.82. The smallest absolute Gasteiger partial charge is 0.410 e. The molecule has 6 nitrogen and oxygen atoms in total. The Morgan fingerprint density at radius 1 is 1.23 bits per heavy atom. The molecule has 2 fully saturated rings. The first-order chi connectivity index (χ1) is 12.6. The van der Waals surface area contributed by atoms with Crippen LogP contribution in [0.4, 0.5) is 4.79 Å². The minimum Gasteiger partial charge on any atom is -0.447 e.